The van der Waals surface area contributed by atoms with Gasteiger partial charge in [-0.2, -0.15) is 0 Å². The average Bonchev–Trinajstić information content (AvgIpc) is 2.39. The molecule has 0 fully saturated rings. The van der Waals surface area contributed by atoms with Crippen molar-refractivity contribution in [2.24, 2.45) is 0 Å². The molecule has 2 aromatic rings. The van der Waals surface area contributed by atoms with Crippen LogP contribution in [-0.4, -0.2) is 13.4 Å². The highest BCUT2D eigenvalue weighted by atomic mass is 35.5. The highest BCUT2D eigenvalue weighted by Crippen LogP contribution is 2.23. The van der Waals surface area contributed by atoms with Crippen molar-refractivity contribution in [2.75, 3.05) is 0 Å². The Hall–Kier alpha value is -1.43. The van der Waals surface area contributed by atoms with E-state index in [1.54, 1.807) is 50.5 Å². The summed E-state index contributed by atoms with van der Waals surface area (Å²) in [5.41, 5.74) is 0.0856. The predicted molar refractivity (Wildman–Crippen MR) is 79.0 cm³/mol. The maximum atomic E-state index is 12.4. The number of rotatable bonds is 4. The van der Waals surface area contributed by atoms with Crippen LogP contribution in [0.15, 0.2) is 53.7 Å². The zero-order valence-corrected chi connectivity index (χ0v) is 12.7. The van der Waals surface area contributed by atoms with E-state index in [-0.39, 0.29) is 4.90 Å². The van der Waals surface area contributed by atoms with Gasteiger partial charge < -0.3 is 0 Å². The first-order valence-corrected chi connectivity index (χ1v) is 7.87. The van der Waals surface area contributed by atoms with E-state index < -0.39 is 15.6 Å². The zero-order chi connectivity index (χ0) is 14.8. The standard InChI is InChI=1S/C14H15ClN2O2S/c1-14(2,11-6-8-16-9-7-11)17-20(18,19)13-5-3-4-12(15)10-13/h3-10,17H,1-2H3. The quantitative estimate of drug-likeness (QED) is 0.944. The SMILES string of the molecule is CC(C)(NS(=O)(=O)c1cccc(Cl)c1)c1ccncc1. The molecule has 20 heavy (non-hydrogen) atoms. The van der Waals surface area contributed by atoms with E-state index in [2.05, 4.69) is 9.71 Å². The average molecular weight is 311 g/mol. The number of halogens is 1. The second-order valence-corrected chi connectivity index (χ2v) is 7.04. The molecule has 1 N–H and O–H groups in total. The summed E-state index contributed by atoms with van der Waals surface area (Å²) in [6.07, 6.45) is 3.26. The Bertz CT molecular complexity index is 700. The van der Waals surface area contributed by atoms with E-state index in [1.165, 1.54) is 12.1 Å². The fourth-order valence-electron chi connectivity index (χ4n) is 1.86. The number of nitrogens with one attached hydrogen (secondary N) is 1. The van der Waals surface area contributed by atoms with E-state index in [4.69, 9.17) is 11.6 Å². The van der Waals surface area contributed by atoms with Gasteiger partial charge in [-0.05, 0) is 49.7 Å². The van der Waals surface area contributed by atoms with Gasteiger partial charge in [-0.25, -0.2) is 13.1 Å². The van der Waals surface area contributed by atoms with Gasteiger partial charge >= 0.3 is 0 Å². The van der Waals surface area contributed by atoms with Gasteiger partial charge in [0.1, 0.15) is 0 Å². The molecule has 0 atom stereocenters. The monoisotopic (exact) mass is 310 g/mol. The molecule has 6 heteroatoms. The third-order valence-electron chi connectivity index (χ3n) is 2.90. The minimum Gasteiger partial charge on any atom is -0.265 e. The Morgan fingerprint density at radius 3 is 2.40 bits per heavy atom. The molecule has 0 saturated heterocycles. The Labute approximate surface area is 123 Å². The molecule has 1 aromatic carbocycles. The number of aromatic nitrogens is 1. The van der Waals surface area contributed by atoms with Crippen molar-refractivity contribution in [3.8, 4) is 0 Å². The van der Waals surface area contributed by atoms with Gasteiger partial charge in [-0.15, -0.1) is 0 Å². The molecule has 0 saturated carbocycles. The van der Waals surface area contributed by atoms with Gasteiger partial charge in [-0.1, -0.05) is 17.7 Å². The molecule has 0 amide bonds. The topological polar surface area (TPSA) is 59.1 Å². The predicted octanol–water partition coefficient (Wildman–Crippen LogP) is 2.95. The summed E-state index contributed by atoms with van der Waals surface area (Å²) >= 11 is 5.84. The van der Waals surface area contributed by atoms with Crippen LogP contribution in [0.5, 0.6) is 0 Å². The number of benzene rings is 1. The second-order valence-electron chi connectivity index (χ2n) is 4.92. The summed E-state index contributed by atoms with van der Waals surface area (Å²) in [6.45, 7) is 3.59. The number of nitrogens with zero attached hydrogens (tertiary/aromatic N) is 1. The summed E-state index contributed by atoms with van der Waals surface area (Å²) in [5.74, 6) is 0. The Morgan fingerprint density at radius 1 is 1.15 bits per heavy atom. The van der Waals surface area contributed by atoms with Crippen molar-refractivity contribution in [3.05, 3.63) is 59.4 Å². The Balaban J connectivity index is 2.33. The van der Waals surface area contributed by atoms with Gasteiger partial charge in [0.2, 0.25) is 10.0 Å². The molecule has 0 spiro atoms. The molecule has 0 bridgehead atoms. The fourth-order valence-corrected chi connectivity index (χ4v) is 3.56. The number of hydrogen-bond acceptors (Lipinski definition) is 3. The number of hydrogen-bond donors (Lipinski definition) is 1. The molecular weight excluding hydrogens is 296 g/mol. The van der Waals surface area contributed by atoms with Crippen LogP contribution in [0.4, 0.5) is 0 Å². The smallest absolute Gasteiger partial charge is 0.241 e. The van der Waals surface area contributed by atoms with Crippen molar-refractivity contribution in [2.45, 2.75) is 24.3 Å². The first kappa shape index (κ1) is 15.0. The van der Waals surface area contributed by atoms with Crippen molar-refractivity contribution in [3.63, 3.8) is 0 Å². The van der Waals surface area contributed by atoms with E-state index in [0.29, 0.717) is 5.02 Å². The van der Waals surface area contributed by atoms with Crippen molar-refractivity contribution in [1.82, 2.24) is 9.71 Å². The van der Waals surface area contributed by atoms with Crippen LogP contribution < -0.4 is 4.72 Å². The summed E-state index contributed by atoms with van der Waals surface area (Å²) in [6, 6.07) is 9.73. The van der Waals surface area contributed by atoms with E-state index in [0.717, 1.165) is 5.56 Å². The first-order valence-electron chi connectivity index (χ1n) is 6.01. The highest BCUT2D eigenvalue weighted by molar-refractivity contribution is 7.89. The third kappa shape index (κ3) is 3.36. The second kappa shape index (κ2) is 5.52. The Morgan fingerprint density at radius 2 is 1.80 bits per heavy atom. The molecule has 0 aliphatic carbocycles. The zero-order valence-electron chi connectivity index (χ0n) is 11.2. The summed E-state index contributed by atoms with van der Waals surface area (Å²) in [4.78, 5) is 4.08. The lowest BCUT2D eigenvalue weighted by Crippen LogP contribution is -2.40. The summed E-state index contributed by atoms with van der Waals surface area (Å²) in [5, 5.41) is 0.384. The van der Waals surface area contributed by atoms with Crippen LogP contribution in [0.25, 0.3) is 0 Å². The largest absolute Gasteiger partial charge is 0.265 e. The molecule has 106 valence electrons. The maximum Gasteiger partial charge on any atom is 0.241 e. The van der Waals surface area contributed by atoms with Gasteiger partial charge in [0, 0.05) is 17.4 Å². The van der Waals surface area contributed by atoms with Gasteiger partial charge in [-0.3, -0.25) is 4.98 Å². The fraction of sp³-hybridized carbons (Fsp3) is 0.214. The lowest BCUT2D eigenvalue weighted by Gasteiger charge is -2.26. The summed E-state index contributed by atoms with van der Waals surface area (Å²) < 4.78 is 27.5. The molecule has 0 radical (unpaired) electrons. The van der Waals surface area contributed by atoms with Crippen LogP contribution in [0.3, 0.4) is 0 Å². The number of sulfonamides is 1. The molecule has 1 aromatic heterocycles. The lowest BCUT2D eigenvalue weighted by molar-refractivity contribution is 0.471. The van der Waals surface area contributed by atoms with Crippen LogP contribution in [0.1, 0.15) is 19.4 Å². The highest BCUT2D eigenvalue weighted by Gasteiger charge is 2.27. The van der Waals surface area contributed by atoms with Crippen LogP contribution in [0, 0.1) is 0 Å². The van der Waals surface area contributed by atoms with Crippen LogP contribution in [-0.2, 0) is 15.6 Å². The third-order valence-corrected chi connectivity index (χ3v) is 4.79. The first-order chi connectivity index (χ1) is 9.31. The molecule has 0 aliphatic rings. The van der Waals surface area contributed by atoms with E-state index in [9.17, 15) is 8.42 Å². The van der Waals surface area contributed by atoms with Crippen LogP contribution in [0.2, 0.25) is 5.02 Å². The summed E-state index contributed by atoms with van der Waals surface area (Å²) in [7, 11) is -3.64. The molecule has 0 unspecified atom stereocenters. The normalized spacial score (nSPS) is 12.3. The molecule has 1 heterocycles. The van der Waals surface area contributed by atoms with Gasteiger partial charge in [0.25, 0.3) is 0 Å². The maximum absolute atomic E-state index is 12.4. The van der Waals surface area contributed by atoms with Crippen molar-refractivity contribution in [1.29, 1.82) is 0 Å². The van der Waals surface area contributed by atoms with Gasteiger partial charge in [0.15, 0.2) is 0 Å². The minimum atomic E-state index is -3.64. The molecule has 0 aliphatic heterocycles. The number of pyridine rings is 1. The van der Waals surface area contributed by atoms with E-state index >= 15 is 0 Å². The minimum absolute atomic E-state index is 0.145. The van der Waals surface area contributed by atoms with Crippen molar-refractivity contribution >= 4 is 21.6 Å². The van der Waals surface area contributed by atoms with Crippen molar-refractivity contribution < 1.29 is 8.42 Å². The Kier molecular flexibility index (Phi) is 4.13. The van der Waals surface area contributed by atoms with Gasteiger partial charge in [0.05, 0.1) is 10.4 Å². The van der Waals surface area contributed by atoms with E-state index in [1.807, 2.05) is 0 Å². The van der Waals surface area contributed by atoms with Crippen LogP contribution >= 0.6 is 11.6 Å². The lowest BCUT2D eigenvalue weighted by atomic mass is 9.97. The molecule has 4 nitrogen and oxygen atoms in total. The molecular formula is C14H15ClN2O2S. The molecule has 2 rings (SSSR count).